The molecule has 0 saturated carbocycles. The predicted molar refractivity (Wildman–Crippen MR) is 75.1 cm³/mol. The van der Waals surface area contributed by atoms with E-state index >= 15 is 0 Å². The van der Waals surface area contributed by atoms with Gasteiger partial charge in [-0.15, -0.1) is 0 Å². The smallest absolute Gasteiger partial charge is 0.192 e. The highest BCUT2D eigenvalue weighted by atomic mass is 28.2. The Bertz CT molecular complexity index is 418. The average Bonchev–Trinajstić information content (AvgIpc) is 2.28. The van der Waals surface area contributed by atoms with E-state index in [1.807, 2.05) is 51.6 Å². The van der Waals surface area contributed by atoms with Gasteiger partial charge in [-0.25, -0.2) is 0 Å². The standard InChI is InChI=1S/C14H20O2Si/c1-10(2)11-6-8-12(9-7-11)13(15)14(3,4)16-17-5/h6-9H,1,17H2,2-5H3. The molecule has 17 heavy (non-hydrogen) atoms. The van der Waals surface area contributed by atoms with E-state index in [-0.39, 0.29) is 5.78 Å². The summed E-state index contributed by atoms with van der Waals surface area (Å²) in [5.74, 6) is 0.0418. The van der Waals surface area contributed by atoms with Crippen molar-refractivity contribution in [2.24, 2.45) is 0 Å². The average molecular weight is 248 g/mol. The molecule has 0 aliphatic rings. The van der Waals surface area contributed by atoms with Crippen molar-refractivity contribution in [3.05, 3.63) is 42.0 Å². The molecule has 0 aliphatic carbocycles. The van der Waals surface area contributed by atoms with Crippen LogP contribution in [0.3, 0.4) is 0 Å². The van der Waals surface area contributed by atoms with Gasteiger partial charge in [0.2, 0.25) is 0 Å². The molecule has 0 radical (unpaired) electrons. The van der Waals surface area contributed by atoms with Crippen molar-refractivity contribution in [1.29, 1.82) is 0 Å². The Morgan fingerprint density at radius 2 is 1.71 bits per heavy atom. The Morgan fingerprint density at radius 1 is 1.24 bits per heavy atom. The first-order valence-electron chi connectivity index (χ1n) is 5.83. The number of carbonyl (C=O) groups excluding carboxylic acids is 1. The van der Waals surface area contributed by atoms with Gasteiger partial charge >= 0.3 is 0 Å². The fourth-order valence-electron chi connectivity index (χ4n) is 1.68. The number of hydrogen-bond acceptors (Lipinski definition) is 2. The van der Waals surface area contributed by atoms with Crippen molar-refractivity contribution in [1.82, 2.24) is 0 Å². The molecule has 0 N–H and O–H groups in total. The number of Topliss-reactive ketones (excluding diaryl/α,β-unsaturated/α-hetero) is 1. The Balaban J connectivity index is 2.94. The zero-order valence-corrected chi connectivity index (χ0v) is 12.5. The molecule has 92 valence electrons. The van der Waals surface area contributed by atoms with Crippen LogP contribution in [-0.2, 0) is 4.43 Å². The zero-order valence-electron chi connectivity index (χ0n) is 11.0. The van der Waals surface area contributed by atoms with Crippen molar-refractivity contribution >= 4 is 21.1 Å². The molecule has 0 heterocycles. The molecule has 1 aromatic carbocycles. The molecular formula is C14H20O2Si. The van der Waals surface area contributed by atoms with Gasteiger partial charge in [0.05, 0.1) is 0 Å². The summed E-state index contributed by atoms with van der Waals surface area (Å²) < 4.78 is 5.60. The molecule has 0 bridgehead atoms. The molecule has 0 atom stereocenters. The first-order valence-corrected chi connectivity index (χ1v) is 7.82. The Labute approximate surface area is 106 Å². The fraction of sp³-hybridized carbons (Fsp3) is 0.357. The van der Waals surface area contributed by atoms with E-state index in [0.29, 0.717) is 5.56 Å². The lowest BCUT2D eigenvalue weighted by Crippen LogP contribution is -2.35. The highest BCUT2D eigenvalue weighted by molar-refractivity contribution is 6.26. The van der Waals surface area contributed by atoms with Crippen LogP contribution >= 0.6 is 0 Å². The van der Waals surface area contributed by atoms with Crippen LogP contribution in [0.15, 0.2) is 30.8 Å². The fourth-order valence-corrected chi connectivity index (χ4v) is 2.53. The van der Waals surface area contributed by atoms with Crippen LogP contribution < -0.4 is 0 Å². The van der Waals surface area contributed by atoms with Crippen LogP contribution in [0.2, 0.25) is 6.55 Å². The summed E-state index contributed by atoms with van der Waals surface area (Å²) >= 11 is 0. The summed E-state index contributed by atoms with van der Waals surface area (Å²) in [5.41, 5.74) is 2.05. The number of carbonyl (C=O) groups is 1. The summed E-state index contributed by atoms with van der Waals surface area (Å²) in [7, 11) is -0.594. The summed E-state index contributed by atoms with van der Waals surface area (Å²) in [6.07, 6.45) is 0. The van der Waals surface area contributed by atoms with Gasteiger partial charge in [-0.05, 0) is 26.3 Å². The minimum absolute atomic E-state index is 0.0418. The number of hydrogen-bond donors (Lipinski definition) is 0. The van der Waals surface area contributed by atoms with Gasteiger partial charge in [0.25, 0.3) is 0 Å². The van der Waals surface area contributed by atoms with Gasteiger partial charge in [0, 0.05) is 5.56 Å². The minimum atomic E-state index is -0.703. The largest absolute Gasteiger partial charge is 0.412 e. The third-order valence-electron chi connectivity index (χ3n) is 2.69. The molecule has 0 spiro atoms. The van der Waals surface area contributed by atoms with Crippen molar-refractivity contribution in [3.63, 3.8) is 0 Å². The highest BCUT2D eigenvalue weighted by Crippen LogP contribution is 2.19. The van der Waals surface area contributed by atoms with Crippen LogP contribution in [0.4, 0.5) is 0 Å². The predicted octanol–water partition coefficient (Wildman–Crippen LogP) is 2.83. The van der Waals surface area contributed by atoms with E-state index in [4.69, 9.17) is 4.43 Å². The van der Waals surface area contributed by atoms with Gasteiger partial charge in [-0.2, -0.15) is 0 Å². The summed E-state index contributed by atoms with van der Waals surface area (Å²) in [4.78, 5) is 12.2. The molecule has 3 heteroatoms. The maximum absolute atomic E-state index is 12.2. The molecule has 1 aromatic rings. The van der Waals surface area contributed by atoms with E-state index in [0.717, 1.165) is 11.1 Å². The lowest BCUT2D eigenvalue weighted by molar-refractivity contribution is 0.0600. The summed E-state index contributed by atoms with van der Waals surface area (Å²) in [6.45, 7) is 11.5. The van der Waals surface area contributed by atoms with Crippen molar-refractivity contribution in [3.8, 4) is 0 Å². The molecule has 0 saturated heterocycles. The molecular weight excluding hydrogens is 228 g/mol. The van der Waals surface area contributed by atoms with E-state index in [1.165, 1.54) is 0 Å². The van der Waals surface area contributed by atoms with Crippen molar-refractivity contribution in [2.75, 3.05) is 0 Å². The Morgan fingerprint density at radius 3 is 2.12 bits per heavy atom. The van der Waals surface area contributed by atoms with Crippen LogP contribution in [0.5, 0.6) is 0 Å². The maximum atomic E-state index is 12.2. The normalized spacial score (nSPS) is 12.0. The van der Waals surface area contributed by atoms with E-state index in [2.05, 4.69) is 6.58 Å². The Kier molecular flexibility index (Phi) is 4.43. The lowest BCUT2D eigenvalue weighted by Gasteiger charge is -2.23. The second-order valence-corrected chi connectivity index (χ2v) is 5.50. The minimum Gasteiger partial charge on any atom is -0.412 e. The second-order valence-electron chi connectivity index (χ2n) is 4.63. The molecule has 0 amide bonds. The summed E-state index contributed by atoms with van der Waals surface area (Å²) in [5, 5.41) is 0. The zero-order chi connectivity index (χ0) is 13.1. The molecule has 0 fully saturated rings. The van der Waals surface area contributed by atoms with E-state index in [1.54, 1.807) is 0 Å². The Hall–Kier alpha value is -1.19. The number of benzene rings is 1. The van der Waals surface area contributed by atoms with Crippen molar-refractivity contribution < 1.29 is 9.22 Å². The van der Waals surface area contributed by atoms with Crippen LogP contribution in [-0.4, -0.2) is 21.1 Å². The van der Waals surface area contributed by atoms with Gasteiger partial charge in [-0.3, -0.25) is 4.79 Å². The van der Waals surface area contributed by atoms with Gasteiger partial charge in [-0.1, -0.05) is 43.0 Å². The van der Waals surface area contributed by atoms with Crippen molar-refractivity contribution in [2.45, 2.75) is 32.9 Å². The van der Waals surface area contributed by atoms with E-state index in [9.17, 15) is 4.79 Å². The number of ketones is 1. The topological polar surface area (TPSA) is 26.3 Å². The monoisotopic (exact) mass is 248 g/mol. The molecule has 1 rings (SSSR count). The van der Waals surface area contributed by atoms with E-state index < -0.39 is 15.4 Å². The van der Waals surface area contributed by atoms with Gasteiger partial charge < -0.3 is 4.43 Å². The summed E-state index contributed by atoms with van der Waals surface area (Å²) in [6, 6.07) is 7.54. The lowest BCUT2D eigenvalue weighted by atomic mass is 9.95. The number of allylic oxidation sites excluding steroid dienone is 1. The van der Waals surface area contributed by atoms with Gasteiger partial charge in [0.15, 0.2) is 15.5 Å². The highest BCUT2D eigenvalue weighted by Gasteiger charge is 2.28. The first kappa shape index (κ1) is 13.9. The SMILES string of the molecule is C=C(C)c1ccc(C(=O)C(C)(C)O[SiH2]C)cc1. The first-order chi connectivity index (χ1) is 7.88. The molecule has 0 aromatic heterocycles. The van der Waals surface area contributed by atoms with Gasteiger partial charge in [0.1, 0.15) is 5.60 Å². The quantitative estimate of drug-likeness (QED) is 0.591. The third-order valence-corrected chi connectivity index (χ3v) is 3.70. The third kappa shape index (κ3) is 3.38. The van der Waals surface area contributed by atoms with Crippen LogP contribution in [0.25, 0.3) is 5.57 Å². The molecule has 0 aliphatic heterocycles. The second kappa shape index (κ2) is 5.43. The number of rotatable bonds is 5. The maximum Gasteiger partial charge on any atom is 0.192 e. The van der Waals surface area contributed by atoms with Crippen LogP contribution in [0, 0.1) is 0 Å². The molecule has 0 unspecified atom stereocenters. The van der Waals surface area contributed by atoms with Crippen LogP contribution in [0.1, 0.15) is 36.7 Å². The molecule has 2 nitrogen and oxygen atoms in total.